The van der Waals surface area contributed by atoms with Gasteiger partial charge in [0.15, 0.2) is 0 Å². The minimum atomic E-state index is -0.444. The third-order valence-corrected chi connectivity index (χ3v) is 9.03. The van der Waals surface area contributed by atoms with Crippen LogP contribution in [0.1, 0.15) is 56.8 Å². The van der Waals surface area contributed by atoms with Gasteiger partial charge < -0.3 is 28.3 Å². The van der Waals surface area contributed by atoms with Crippen LogP contribution in [0.25, 0.3) is 22.3 Å². The van der Waals surface area contributed by atoms with Crippen LogP contribution >= 0.6 is 0 Å². The number of aryl methyl sites for hydroxylation is 2. The van der Waals surface area contributed by atoms with E-state index in [0.29, 0.717) is 54.5 Å². The maximum atomic E-state index is 12.6. The molecule has 5 aromatic rings. The first kappa shape index (κ1) is 31.2. The Morgan fingerprint density at radius 2 is 1.92 bits per heavy atom. The fraction of sp³-hybridized carbons (Fsp3) is 0.316. The van der Waals surface area contributed by atoms with Crippen LogP contribution in [0.3, 0.4) is 0 Å². The first-order valence-corrected chi connectivity index (χ1v) is 16.1. The van der Waals surface area contributed by atoms with Crippen molar-refractivity contribution in [3.8, 4) is 34.7 Å². The van der Waals surface area contributed by atoms with E-state index in [0.717, 1.165) is 76.5 Å². The zero-order valence-corrected chi connectivity index (χ0v) is 27.2. The molecular weight excluding hydrogens is 608 g/mol. The maximum absolute atomic E-state index is 12.6. The summed E-state index contributed by atoms with van der Waals surface area (Å²) in [4.78, 5) is 22.5. The molecule has 0 N–H and O–H groups in total. The maximum Gasteiger partial charge on any atom is 0.338 e. The molecule has 4 heterocycles. The summed E-state index contributed by atoms with van der Waals surface area (Å²) in [6.07, 6.45) is 2.95. The van der Waals surface area contributed by atoms with Gasteiger partial charge in [0.1, 0.15) is 29.4 Å². The van der Waals surface area contributed by atoms with Crippen molar-refractivity contribution in [2.45, 2.75) is 51.9 Å². The SMILES string of the molecule is COC(=O)c1cc(OC)c2nc(Cc3cc(C)c4cc3OCCCc3cc(C#N)ccc3COc3cccc-4n3)n(C[C@@H]3CCO3)c2c1. The predicted octanol–water partition coefficient (Wildman–Crippen LogP) is 6.36. The lowest BCUT2D eigenvalue weighted by molar-refractivity contribution is -0.0589. The van der Waals surface area contributed by atoms with Crippen molar-refractivity contribution in [3.05, 3.63) is 99.9 Å². The number of ether oxygens (including phenoxy) is 5. The summed E-state index contributed by atoms with van der Waals surface area (Å²) in [5.74, 6) is 2.13. The number of nitriles is 1. The molecule has 2 aromatic heterocycles. The summed E-state index contributed by atoms with van der Waals surface area (Å²) in [5, 5.41) is 9.51. The van der Waals surface area contributed by atoms with E-state index in [9.17, 15) is 10.1 Å². The number of imidazole rings is 1. The highest BCUT2D eigenvalue weighted by Crippen LogP contribution is 2.35. The number of methoxy groups -OCH3 is 2. The standard InChI is InChI=1S/C38H36N4O6/c1-23-14-27(18-35-41-37-32(42(35)21-29-11-13-46-29)16-28(38(43)45-3)17-34(37)44-2)33-19-30(23)31-7-4-8-36(40-31)48-22-26-10-9-24(20-39)15-25(26)6-5-12-47-33/h4,7-10,14-17,19,29H,5-6,11-13,18,21-22H2,1-3H3/t29-/m0/s1. The van der Waals surface area contributed by atoms with Crippen LogP contribution in [0.2, 0.25) is 0 Å². The second-order valence-electron chi connectivity index (χ2n) is 12.1. The zero-order chi connectivity index (χ0) is 33.2. The van der Waals surface area contributed by atoms with Gasteiger partial charge in [-0.05, 0) is 79.3 Å². The molecule has 0 amide bonds. The molecule has 0 aliphatic carbocycles. The lowest BCUT2D eigenvalue weighted by Gasteiger charge is -2.27. The highest BCUT2D eigenvalue weighted by Gasteiger charge is 2.25. The number of benzene rings is 3. The van der Waals surface area contributed by atoms with Crippen molar-refractivity contribution in [2.75, 3.05) is 27.4 Å². The second-order valence-corrected chi connectivity index (χ2v) is 12.1. The second kappa shape index (κ2) is 13.4. The molecule has 48 heavy (non-hydrogen) atoms. The lowest BCUT2D eigenvalue weighted by Crippen LogP contribution is -2.31. The van der Waals surface area contributed by atoms with Gasteiger partial charge in [-0.1, -0.05) is 18.2 Å². The Labute approximate surface area is 278 Å². The van der Waals surface area contributed by atoms with Crippen molar-refractivity contribution < 1.29 is 28.5 Å². The number of aromatic nitrogens is 3. The summed E-state index contributed by atoms with van der Waals surface area (Å²) in [5.41, 5.74) is 8.29. The minimum Gasteiger partial charge on any atom is -0.494 e. The van der Waals surface area contributed by atoms with E-state index in [1.165, 1.54) is 7.11 Å². The molecule has 2 aliphatic rings. The number of hydrogen-bond acceptors (Lipinski definition) is 9. The number of nitrogens with zero attached hydrogens (tertiary/aromatic N) is 4. The average molecular weight is 645 g/mol. The smallest absolute Gasteiger partial charge is 0.338 e. The Balaban J connectivity index is 1.30. The van der Waals surface area contributed by atoms with Crippen LogP contribution in [0.15, 0.2) is 60.7 Å². The van der Waals surface area contributed by atoms with Gasteiger partial charge in [0, 0.05) is 30.2 Å². The number of hydrogen-bond donors (Lipinski definition) is 0. The quantitative estimate of drug-likeness (QED) is 0.195. The van der Waals surface area contributed by atoms with Gasteiger partial charge >= 0.3 is 5.97 Å². The van der Waals surface area contributed by atoms with Crippen LogP contribution in [0.5, 0.6) is 17.4 Å². The molecule has 0 saturated carbocycles. The van der Waals surface area contributed by atoms with Crippen LogP contribution in [-0.4, -0.2) is 54.0 Å². The number of carbonyl (C=O) groups is 1. The molecule has 0 spiro atoms. The van der Waals surface area contributed by atoms with Gasteiger partial charge in [-0.3, -0.25) is 0 Å². The number of fused-ring (bicyclic) bond motifs is 7. The van der Waals surface area contributed by atoms with E-state index in [-0.39, 0.29) is 6.10 Å². The van der Waals surface area contributed by atoms with Crippen molar-refractivity contribution in [3.63, 3.8) is 0 Å². The van der Waals surface area contributed by atoms with Crippen molar-refractivity contribution in [1.82, 2.24) is 14.5 Å². The van der Waals surface area contributed by atoms with Gasteiger partial charge in [0.2, 0.25) is 5.88 Å². The van der Waals surface area contributed by atoms with Gasteiger partial charge in [-0.15, -0.1) is 0 Å². The fourth-order valence-corrected chi connectivity index (χ4v) is 6.38. The molecule has 3 aromatic carbocycles. The number of pyridine rings is 1. The van der Waals surface area contributed by atoms with E-state index in [1.54, 1.807) is 13.2 Å². The number of rotatable bonds is 6. The molecule has 10 nitrogen and oxygen atoms in total. The Morgan fingerprint density at radius 3 is 2.69 bits per heavy atom. The highest BCUT2D eigenvalue weighted by molar-refractivity contribution is 5.96. The number of carbonyl (C=O) groups excluding carboxylic acids is 1. The number of esters is 1. The van der Waals surface area contributed by atoms with E-state index in [1.807, 2.05) is 42.5 Å². The first-order valence-electron chi connectivity index (χ1n) is 16.1. The fourth-order valence-electron chi connectivity index (χ4n) is 6.38. The molecule has 4 bridgehead atoms. The summed E-state index contributed by atoms with van der Waals surface area (Å²) in [6.45, 7) is 4.22. The molecule has 1 saturated heterocycles. The average Bonchev–Trinajstić information content (AvgIpc) is 3.43. The zero-order valence-electron chi connectivity index (χ0n) is 27.2. The van der Waals surface area contributed by atoms with Crippen LogP contribution in [0.4, 0.5) is 0 Å². The minimum absolute atomic E-state index is 0.0531. The summed E-state index contributed by atoms with van der Waals surface area (Å²) >= 11 is 0. The Morgan fingerprint density at radius 1 is 1.04 bits per heavy atom. The van der Waals surface area contributed by atoms with Gasteiger partial charge in [-0.25, -0.2) is 14.8 Å². The van der Waals surface area contributed by atoms with Gasteiger partial charge in [0.05, 0.1) is 61.9 Å². The van der Waals surface area contributed by atoms with Crippen LogP contribution < -0.4 is 14.2 Å². The molecule has 0 unspecified atom stereocenters. The largest absolute Gasteiger partial charge is 0.494 e. The van der Waals surface area contributed by atoms with E-state index in [2.05, 4.69) is 29.7 Å². The van der Waals surface area contributed by atoms with Gasteiger partial charge in [-0.2, -0.15) is 5.26 Å². The third-order valence-electron chi connectivity index (χ3n) is 9.03. The summed E-state index contributed by atoms with van der Waals surface area (Å²) in [7, 11) is 2.94. The summed E-state index contributed by atoms with van der Waals surface area (Å²) in [6, 6.07) is 21.4. The van der Waals surface area contributed by atoms with Crippen LogP contribution in [0, 0.1) is 18.3 Å². The Kier molecular flexibility index (Phi) is 8.70. The molecule has 244 valence electrons. The highest BCUT2D eigenvalue weighted by atomic mass is 16.5. The normalized spacial score (nSPS) is 15.6. The molecule has 7 rings (SSSR count). The monoisotopic (exact) mass is 644 g/mol. The van der Waals surface area contributed by atoms with Crippen molar-refractivity contribution in [1.29, 1.82) is 5.26 Å². The van der Waals surface area contributed by atoms with Gasteiger partial charge in [0.25, 0.3) is 0 Å². The molecule has 1 fully saturated rings. The summed E-state index contributed by atoms with van der Waals surface area (Å²) < 4.78 is 31.4. The molecular formula is C38H36N4O6. The van der Waals surface area contributed by atoms with E-state index in [4.69, 9.17) is 33.7 Å². The predicted molar refractivity (Wildman–Crippen MR) is 179 cm³/mol. The molecule has 1 atom stereocenters. The van der Waals surface area contributed by atoms with Crippen LogP contribution in [-0.2, 0) is 35.5 Å². The topological polar surface area (TPSA) is 118 Å². The first-order chi connectivity index (χ1) is 23.4. The Hall–Kier alpha value is -5.40. The van der Waals surface area contributed by atoms with Crippen molar-refractivity contribution >= 4 is 17.0 Å². The molecule has 10 heteroatoms. The van der Waals surface area contributed by atoms with E-state index >= 15 is 0 Å². The molecule has 0 radical (unpaired) electrons. The molecule has 2 aliphatic heterocycles. The third kappa shape index (κ3) is 6.17. The van der Waals surface area contributed by atoms with E-state index < -0.39 is 5.97 Å². The lowest BCUT2D eigenvalue weighted by atomic mass is 9.98. The Bertz CT molecular complexity index is 2060. The van der Waals surface area contributed by atoms with Crippen molar-refractivity contribution in [2.24, 2.45) is 0 Å².